The molecule has 1 rings (SSSR count). The van der Waals surface area contributed by atoms with Crippen LogP contribution < -0.4 is 10.6 Å². The predicted octanol–water partition coefficient (Wildman–Crippen LogP) is -0.0939. The van der Waals surface area contributed by atoms with Gasteiger partial charge < -0.3 is 5.32 Å². The summed E-state index contributed by atoms with van der Waals surface area (Å²) in [5, 5.41) is 8.43. The molecule has 6 nitrogen and oxygen atoms in total. The third kappa shape index (κ3) is 2.69. The maximum Gasteiger partial charge on any atom is 0.321 e. The molecule has 1 aromatic heterocycles. The molecule has 0 saturated heterocycles. The van der Waals surface area contributed by atoms with E-state index in [0.717, 1.165) is 0 Å². The van der Waals surface area contributed by atoms with Crippen LogP contribution in [-0.2, 0) is 7.05 Å². The summed E-state index contributed by atoms with van der Waals surface area (Å²) in [5.74, 6) is 0.316. The van der Waals surface area contributed by atoms with Crippen LogP contribution in [0.25, 0.3) is 0 Å². The van der Waals surface area contributed by atoms with Crippen LogP contribution in [0.4, 0.5) is 15.1 Å². The number of hydrogen-bond acceptors (Lipinski definition) is 3. The number of rotatable bonds is 3. The Hall–Kier alpha value is -1.66. The normalized spacial score (nSPS) is 9.69. The first-order valence-electron chi connectivity index (χ1n) is 3.69. The number of carbonyl (C=O) groups excluding carboxylic acids is 1. The summed E-state index contributed by atoms with van der Waals surface area (Å²) < 4.78 is 13.0. The van der Waals surface area contributed by atoms with Crippen molar-refractivity contribution in [2.24, 2.45) is 7.05 Å². The molecular formula is C6H10FN5O. The van der Waals surface area contributed by atoms with Gasteiger partial charge in [-0.05, 0) is 0 Å². The molecule has 72 valence electrons. The highest BCUT2D eigenvalue weighted by Gasteiger charge is 2.04. The van der Waals surface area contributed by atoms with Gasteiger partial charge in [0, 0.05) is 13.6 Å². The minimum Gasteiger partial charge on any atom is -0.335 e. The van der Waals surface area contributed by atoms with Gasteiger partial charge in [0.05, 0.1) is 0 Å². The van der Waals surface area contributed by atoms with E-state index >= 15 is 0 Å². The molecule has 13 heavy (non-hydrogen) atoms. The Morgan fingerprint density at radius 2 is 2.54 bits per heavy atom. The first-order valence-corrected chi connectivity index (χ1v) is 3.69. The van der Waals surface area contributed by atoms with Gasteiger partial charge in [0.15, 0.2) is 0 Å². The van der Waals surface area contributed by atoms with E-state index in [0.29, 0.717) is 5.95 Å². The zero-order valence-electron chi connectivity index (χ0n) is 7.12. The second-order valence-corrected chi connectivity index (χ2v) is 2.28. The third-order valence-electron chi connectivity index (χ3n) is 1.32. The number of urea groups is 1. The van der Waals surface area contributed by atoms with Crippen molar-refractivity contribution in [3.63, 3.8) is 0 Å². The quantitative estimate of drug-likeness (QED) is 0.694. The lowest BCUT2D eigenvalue weighted by molar-refractivity contribution is 0.250. The monoisotopic (exact) mass is 187 g/mol. The molecule has 2 N–H and O–H groups in total. The van der Waals surface area contributed by atoms with Crippen molar-refractivity contribution < 1.29 is 9.18 Å². The molecule has 0 fully saturated rings. The molecule has 0 saturated carbocycles. The molecule has 0 spiro atoms. The van der Waals surface area contributed by atoms with Crippen molar-refractivity contribution in [2.45, 2.75) is 0 Å². The summed E-state index contributed by atoms with van der Waals surface area (Å²) in [4.78, 5) is 14.7. The molecule has 2 amide bonds. The first kappa shape index (κ1) is 9.43. The lowest BCUT2D eigenvalue weighted by Crippen LogP contribution is -2.31. The van der Waals surface area contributed by atoms with Gasteiger partial charge in [0.25, 0.3) is 0 Å². The summed E-state index contributed by atoms with van der Waals surface area (Å²) >= 11 is 0. The van der Waals surface area contributed by atoms with Crippen molar-refractivity contribution in [3.8, 4) is 0 Å². The fourth-order valence-corrected chi connectivity index (χ4v) is 0.716. The fourth-order valence-electron chi connectivity index (χ4n) is 0.716. The molecule has 1 heterocycles. The summed E-state index contributed by atoms with van der Waals surface area (Å²) in [5.41, 5.74) is 0. The number of nitrogens with one attached hydrogen (secondary N) is 2. The molecule has 0 aliphatic carbocycles. The van der Waals surface area contributed by atoms with Crippen LogP contribution in [0.2, 0.25) is 0 Å². The minimum atomic E-state index is -0.591. The Morgan fingerprint density at radius 1 is 1.77 bits per heavy atom. The van der Waals surface area contributed by atoms with Gasteiger partial charge in [-0.3, -0.25) is 5.32 Å². The van der Waals surface area contributed by atoms with E-state index in [1.165, 1.54) is 11.0 Å². The van der Waals surface area contributed by atoms with Gasteiger partial charge in [-0.15, -0.1) is 0 Å². The predicted molar refractivity (Wildman–Crippen MR) is 44.0 cm³/mol. The molecular weight excluding hydrogens is 177 g/mol. The molecule has 0 atom stereocenters. The summed E-state index contributed by atoms with van der Waals surface area (Å²) in [6, 6.07) is -0.492. The van der Waals surface area contributed by atoms with Crippen molar-refractivity contribution >= 4 is 12.0 Å². The summed E-state index contributed by atoms with van der Waals surface area (Å²) in [6.07, 6.45) is 1.31. The Balaban J connectivity index is 2.41. The number of alkyl halides is 1. The number of hydrogen-bond donors (Lipinski definition) is 2. The van der Waals surface area contributed by atoms with E-state index < -0.39 is 12.7 Å². The topological polar surface area (TPSA) is 71.8 Å². The summed E-state index contributed by atoms with van der Waals surface area (Å²) in [6.45, 7) is -0.601. The molecule has 0 aliphatic heterocycles. The standard InChI is InChI=1S/C6H10FN5O/c1-12-5(9-4-10-12)11-6(13)8-3-2-7/h4H,2-3H2,1H3,(H2,8,9,10,11,13). The van der Waals surface area contributed by atoms with Crippen LogP contribution in [-0.4, -0.2) is 34.0 Å². The van der Waals surface area contributed by atoms with Crippen molar-refractivity contribution in [3.05, 3.63) is 6.33 Å². The van der Waals surface area contributed by atoms with Gasteiger partial charge in [0.1, 0.15) is 13.0 Å². The maximum absolute atomic E-state index is 11.6. The Bertz CT molecular complexity index is 286. The molecule has 7 heteroatoms. The van der Waals surface area contributed by atoms with Crippen molar-refractivity contribution in [2.75, 3.05) is 18.5 Å². The Morgan fingerprint density at radius 3 is 3.08 bits per heavy atom. The lowest BCUT2D eigenvalue weighted by Gasteiger charge is -2.03. The molecule has 0 unspecified atom stereocenters. The second-order valence-electron chi connectivity index (χ2n) is 2.28. The maximum atomic E-state index is 11.6. The molecule has 1 aromatic rings. The molecule has 0 aliphatic rings. The highest BCUT2D eigenvalue weighted by Crippen LogP contribution is 1.96. The highest BCUT2D eigenvalue weighted by molar-refractivity contribution is 5.87. The Kier molecular flexibility index (Phi) is 3.18. The van der Waals surface area contributed by atoms with Crippen LogP contribution in [0, 0.1) is 0 Å². The van der Waals surface area contributed by atoms with Crippen LogP contribution >= 0.6 is 0 Å². The number of amides is 2. The smallest absolute Gasteiger partial charge is 0.321 e. The van der Waals surface area contributed by atoms with E-state index in [4.69, 9.17) is 0 Å². The zero-order valence-corrected chi connectivity index (χ0v) is 7.12. The summed E-state index contributed by atoms with van der Waals surface area (Å²) in [7, 11) is 1.64. The zero-order chi connectivity index (χ0) is 9.68. The van der Waals surface area contributed by atoms with Crippen LogP contribution in [0.3, 0.4) is 0 Å². The number of nitrogens with zero attached hydrogens (tertiary/aromatic N) is 3. The van der Waals surface area contributed by atoms with E-state index in [-0.39, 0.29) is 6.54 Å². The van der Waals surface area contributed by atoms with Gasteiger partial charge in [-0.25, -0.2) is 13.9 Å². The SMILES string of the molecule is Cn1ncnc1NC(=O)NCCF. The second kappa shape index (κ2) is 4.39. The van der Waals surface area contributed by atoms with E-state index in [9.17, 15) is 9.18 Å². The lowest BCUT2D eigenvalue weighted by atomic mass is 10.7. The van der Waals surface area contributed by atoms with E-state index in [2.05, 4.69) is 20.7 Å². The van der Waals surface area contributed by atoms with Crippen LogP contribution in [0.1, 0.15) is 0 Å². The van der Waals surface area contributed by atoms with E-state index in [1.54, 1.807) is 7.05 Å². The third-order valence-corrected chi connectivity index (χ3v) is 1.32. The van der Waals surface area contributed by atoms with Gasteiger partial charge in [0.2, 0.25) is 5.95 Å². The number of anilines is 1. The van der Waals surface area contributed by atoms with Crippen molar-refractivity contribution in [1.82, 2.24) is 20.1 Å². The number of halogens is 1. The molecule has 0 radical (unpaired) electrons. The fraction of sp³-hybridized carbons (Fsp3) is 0.500. The van der Waals surface area contributed by atoms with Crippen LogP contribution in [0.15, 0.2) is 6.33 Å². The minimum absolute atomic E-state index is 0.0102. The highest BCUT2D eigenvalue weighted by atomic mass is 19.1. The number of carbonyl (C=O) groups is 1. The molecule has 0 bridgehead atoms. The van der Waals surface area contributed by atoms with Gasteiger partial charge in [-0.2, -0.15) is 10.1 Å². The number of aryl methyl sites for hydroxylation is 1. The largest absolute Gasteiger partial charge is 0.335 e. The average molecular weight is 187 g/mol. The van der Waals surface area contributed by atoms with E-state index in [1.807, 2.05) is 0 Å². The average Bonchev–Trinajstić information content (AvgIpc) is 2.48. The van der Waals surface area contributed by atoms with Gasteiger partial charge in [-0.1, -0.05) is 0 Å². The van der Waals surface area contributed by atoms with Crippen LogP contribution in [0.5, 0.6) is 0 Å². The van der Waals surface area contributed by atoms with Gasteiger partial charge >= 0.3 is 6.03 Å². The number of aromatic nitrogens is 3. The Labute approximate surface area is 74.1 Å². The van der Waals surface area contributed by atoms with Crippen molar-refractivity contribution in [1.29, 1.82) is 0 Å². The first-order chi connectivity index (χ1) is 6.24. The molecule has 0 aromatic carbocycles.